The summed E-state index contributed by atoms with van der Waals surface area (Å²) in [6, 6.07) is 3.91. The molecule has 15 heavy (non-hydrogen) atoms. The van der Waals surface area contributed by atoms with Crippen LogP contribution in [-0.2, 0) is 11.3 Å². The van der Waals surface area contributed by atoms with Crippen molar-refractivity contribution in [1.29, 1.82) is 0 Å². The molecule has 0 spiro atoms. The van der Waals surface area contributed by atoms with E-state index < -0.39 is 11.4 Å². The van der Waals surface area contributed by atoms with Crippen molar-refractivity contribution in [2.24, 2.45) is 5.41 Å². The van der Waals surface area contributed by atoms with E-state index >= 15 is 0 Å². The molecule has 2 heterocycles. The van der Waals surface area contributed by atoms with Gasteiger partial charge in [-0.2, -0.15) is 0 Å². The zero-order valence-electron chi connectivity index (χ0n) is 8.68. The largest absolute Gasteiger partial charge is 0.481 e. The molecule has 1 aliphatic rings. The van der Waals surface area contributed by atoms with Crippen molar-refractivity contribution in [3.63, 3.8) is 0 Å². The molecule has 1 saturated heterocycles. The summed E-state index contributed by atoms with van der Waals surface area (Å²) in [5.41, 5.74) is 0.630. The Morgan fingerprint density at radius 2 is 2.13 bits per heavy atom. The summed E-state index contributed by atoms with van der Waals surface area (Å²) in [6.45, 7) is 3.86. The van der Waals surface area contributed by atoms with Crippen molar-refractivity contribution in [2.75, 3.05) is 13.1 Å². The molecule has 4 nitrogen and oxygen atoms in total. The van der Waals surface area contributed by atoms with Gasteiger partial charge in [-0.25, -0.2) is 0 Å². The second-order valence-electron chi connectivity index (χ2n) is 4.37. The zero-order chi connectivity index (χ0) is 10.9. The van der Waals surface area contributed by atoms with Crippen LogP contribution in [0.25, 0.3) is 0 Å². The zero-order valence-corrected chi connectivity index (χ0v) is 8.68. The third-order valence-electron chi connectivity index (χ3n) is 2.82. The molecule has 0 unspecified atom stereocenters. The van der Waals surface area contributed by atoms with Crippen LogP contribution in [0, 0.1) is 5.41 Å². The first-order valence-electron chi connectivity index (χ1n) is 4.95. The number of aromatic nitrogens is 1. The Balaban J connectivity index is 1.89. The number of pyridine rings is 1. The van der Waals surface area contributed by atoms with Gasteiger partial charge in [0.25, 0.3) is 0 Å². The van der Waals surface area contributed by atoms with E-state index in [0.29, 0.717) is 13.1 Å². The summed E-state index contributed by atoms with van der Waals surface area (Å²) in [5.74, 6) is -0.700. The number of rotatable bonds is 3. The van der Waals surface area contributed by atoms with Crippen molar-refractivity contribution in [2.45, 2.75) is 13.5 Å². The molecule has 0 aliphatic carbocycles. The van der Waals surface area contributed by atoms with Gasteiger partial charge in [-0.05, 0) is 24.6 Å². The van der Waals surface area contributed by atoms with Gasteiger partial charge in [0, 0.05) is 32.0 Å². The number of aliphatic carboxylic acids is 1. The van der Waals surface area contributed by atoms with Crippen LogP contribution in [0.15, 0.2) is 24.5 Å². The molecule has 4 heteroatoms. The fraction of sp³-hybridized carbons (Fsp3) is 0.455. The van der Waals surface area contributed by atoms with E-state index in [1.807, 2.05) is 12.1 Å². The monoisotopic (exact) mass is 206 g/mol. The number of hydrogen-bond acceptors (Lipinski definition) is 3. The summed E-state index contributed by atoms with van der Waals surface area (Å²) in [6.07, 6.45) is 3.51. The molecule has 80 valence electrons. The highest BCUT2D eigenvalue weighted by molar-refractivity contribution is 5.76. The maximum absolute atomic E-state index is 10.9. The molecule has 1 N–H and O–H groups in total. The van der Waals surface area contributed by atoms with Crippen molar-refractivity contribution in [1.82, 2.24) is 9.88 Å². The van der Waals surface area contributed by atoms with Crippen molar-refractivity contribution >= 4 is 5.97 Å². The Bertz CT molecular complexity index is 358. The van der Waals surface area contributed by atoms with E-state index in [1.165, 1.54) is 5.56 Å². The summed E-state index contributed by atoms with van der Waals surface area (Å²) in [5, 5.41) is 8.94. The normalized spacial score (nSPS) is 19.5. The highest BCUT2D eigenvalue weighted by Crippen LogP contribution is 2.30. The van der Waals surface area contributed by atoms with Crippen LogP contribution in [0.4, 0.5) is 0 Å². The number of nitrogens with zero attached hydrogens (tertiary/aromatic N) is 2. The lowest BCUT2D eigenvalue weighted by Gasteiger charge is -2.44. The SMILES string of the molecule is CC1(C(=O)O)CN(Cc2ccncc2)C1. The summed E-state index contributed by atoms with van der Waals surface area (Å²) >= 11 is 0. The van der Waals surface area contributed by atoms with E-state index in [0.717, 1.165) is 6.54 Å². The number of carboxylic acid groups (broad SMARTS) is 1. The average Bonchev–Trinajstić information content (AvgIpc) is 2.16. The Morgan fingerprint density at radius 1 is 1.53 bits per heavy atom. The number of likely N-dealkylation sites (tertiary alicyclic amines) is 1. The van der Waals surface area contributed by atoms with Gasteiger partial charge in [-0.15, -0.1) is 0 Å². The van der Waals surface area contributed by atoms with Gasteiger partial charge < -0.3 is 5.11 Å². The molecule has 2 rings (SSSR count). The quantitative estimate of drug-likeness (QED) is 0.801. The van der Waals surface area contributed by atoms with E-state index in [4.69, 9.17) is 5.11 Å². The highest BCUT2D eigenvalue weighted by Gasteiger charge is 2.44. The molecule has 0 radical (unpaired) electrons. The molecule has 0 saturated carbocycles. The standard InChI is InChI=1S/C11H14N2O2/c1-11(10(14)15)7-13(8-11)6-9-2-4-12-5-3-9/h2-5H,6-8H2,1H3,(H,14,15). The third-order valence-corrected chi connectivity index (χ3v) is 2.82. The van der Waals surface area contributed by atoms with Gasteiger partial charge in [0.15, 0.2) is 0 Å². The van der Waals surface area contributed by atoms with Gasteiger partial charge in [0.1, 0.15) is 0 Å². The predicted octanol–water partition coefficient (Wildman–Crippen LogP) is 0.988. The van der Waals surface area contributed by atoms with E-state index in [-0.39, 0.29) is 0 Å². The molecular formula is C11H14N2O2. The van der Waals surface area contributed by atoms with Crippen LogP contribution in [0.5, 0.6) is 0 Å². The minimum Gasteiger partial charge on any atom is -0.481 e. The Morgan fingerprint density at radius 3 is 2.67 bits per heavy atom. The molecule has 0 bridgehead atoms. The second-order valence-corrected chi connectivity index (χ2v) is 4.37. The maximum atomic E-state index is 10.9. The molecule has 0 amide bonds. The average molecular weight is 206 g/mol. The van der Waals surface area contributed by atoms with Crippen LogP contribution in [0.2, 0.25) is 0 Å². The van der Waals surface area contributed by atoms with E-state index in [1.54, 1.807) is 19.3 Å². The maximum Gasteiger partial charge on any atom is 0.311 e. The van der Waals surface area contributed by atoms with Crippen molar-refractivity contribution in [3.8, 4) is 0 Å². The van der Waals surface area contributed by atoms with Gasteiger partial charge in [0.2, 0.25) is 0 Å². The molecule has 1 aromatic rings. The van der Waals surface area contributed by atoms with Crippen LogP contribution in [0.3, 0.4) is 0 Å². The fourth-order valence-electron chi connectivity index (χ4n) is 1.93. The minimum absolute atomic E-state index is 0.549. The van der Waals surface area contributed by atoms with Gasteiger partial charge in [-0.1, -0.05) is 0 Å². The lowest BCUT2D eigenvalue weighted by molar-refractivity contribution is -0.158. The molecular weight excluding hydrogens is 192 g/mol. The third kappa shape index (κ3) is 1.99. The van der Waals surface area contributed by atoms with Crippen LogP contribution < -0.4 is 0 Å². The van der Waals surface area contributed by atoms with E-state index in [2.05, 4.69) is 9.88 Å². The number of carbonyl (C=O) groups is 1. The highest BCUT2D eigenvalue weighted by atomic mass is 16.4. The fourth-order valence-corrected chi connectivity index (χ4v) is 1.93. The topological polar surface area (TPSA) is 53.4 Å². The first-order chi connectivity index (χ1) is 7.10. The first kappa shape index (κ1) is 10.1. The van der Waals surface area contributed by atoms with Crippen LogP contribution >= 0.6 is 0 Å². The molecule has 1 aliphatic heterocycles. The van der Waals surface area contributed by atoms with Gasteiger partial charge in [-0.3, -0.25) is 14.7 Å². The second kappa shape index (κ2) is 3.62. The lowest BCUT2D eigenvalue weighted by atomic mass is 9.82. The number of hydrogen-bond donors (Lipinski definition) is 1. The summed E-state index contributed by atoms with van der Waals surface area (Å²) in [4.78, 5) is 16.9. The van der Waals surface area contributed by atoms with Gasteiger partial charge >= 0.3 is 5.97 Å². The molecule has 1 fully saturated rings. The Kier molecular flexibility index (Phi) is 2.44. The first-order valence-corrected chi connectivity index (χ1v) is 4.95. The summed E-state index contributed by atoms with van der Waals surface area (Å²) < 4.78 is 0. The Labute approximate surface area is 88.6 Å². The van der Waals surface area contributed by atoms with Gasteiger partial charge in [0.05, 0.1) is 5.41 Å². The smallest absolute Gasteiger partial charge is 0.311 e. The van der Waals surface area contributed by atoms with Crippen molar-refractivity contribution < 1.29 is 9.90 Å². The lowest BCUT2D eigenvalue weighted by Crippen LogP contribution is -2.58. The van der Waals surface area contributed by atoms with Crippen LogP contribution in [-0.4, -0.2) is 34.0 Å². The predicted molar refractivity (Wildman–Crippen MR) is 55.3 cm³/mol. The minimum atomic E-state index is -0.700. The summed E-state index contributed by atoms with van der Waals surface area (Å²) in [7, 11) is 0. The van der Waals surface area contributed by atoms with Crippen molar-refractivity contribution in [3.05, 3.63) is 30.1 Å². The van der Waals surface area contributed by atoms with Crippen LogP contribution in [0.1, 0.15) is 12.5 Å². The Hall–Kier alpha value is -1.42. The molecule has 0 aromatic carbocycles. The molecule has 0 atom stereocenters. The van der Waals surface area contributed by atoms with E-state index in [9.17, 15) is 4.79 Å². The number of carboxylic acids is 1. The molecule has 1 aromatic heterocycles.